The minimum Gasteiger partial charge on any atom is -0.384 e. The van der Waals surface area contributed by atoms with Crippen LogP contribution in [0.5, 0.6) is 0 Å². The molecule has 0 radical (unpaired) electrons. The molecule has 0 aliphatic rings. The predicted molar refractivity (Wildman–Crippen MR) is 78.2 cm³/mol. The maximum Gasteiger partial charge on any atom is 0.0507 e. The highest BCUT2D eigenvalue weighted by molar-refractivity contribution is 5.51. The number of likely N-dealkylation sites (N-methyl/N-ethyl adjacent to an activating group) is 1. The second kappa shape index (κ2) is 6.76. The summed E-state index contributed by atoms with van der Waals surface area (Å²) < 4.78 is 5.24. The summed E-state index contributed by atoms with van der Waals surface area (Å²) in [6.07, 6.45) is 0. The summed E-state index contributed by atoms with van der Waals surface area (Å²) in [4.78, 5) is 2.27. The molecule has 0 aliphatic carbocycles. The fourth-order valence-electron chi connectivity index (χ4n) is 2.49. The van der Waals surface area contributed by atoms with Gasteiger partial charge in [0.05, 0.1) is 6.61 Å². The zero-order valence-corrected chi connectivity index (χ0v) is 12.2. The Labute approximate surface area is 111 Å². The van der Waals surface area contributed by atoms with Crippen molar-refractivity contribution in [3.8, 4) is 0 Å². The third-order valence-electron chi connectivity index (χ3n) is 3.44. The van der Waals surface area contributed by atoms with Crippen molar-refractivity contribution < 1.29 is 4.74 Å². The molecule has 3 nitrogen and oxygen atoms in total. The van der Waals surface area contributed by atoms with E-state index in [1.165, 1.54) is 16.8 Å². The van der Waals surface area contributed by atoms with Gasteiger partial charge in [-0.2, -0.15) is 0 Å². The van der Waals surface area contributed by atoms with Gasteiger partial charge in [-0.05, 0) is 37.1 Å². The summed E-state index contributed by atoms with van der Waals surface area (Å²) in [7, 11) is 3.85. The van der Waals surface area contributed by atoms with Crippen molar-refractivity contribution >= 4 is 5.69 Å². The lowest BCUT2D eigenvalue weighted by Crippen LogP contribution is -2.44. The van der Waals surface area contributed by atoms with E-state index in [2.05, 4.69) is 50.9 Å². The summed E-state index contributed by atoms with van der Waals surface area (Å²) in [5.74, 6) is 0.408. The molecule has 0 bridgehead atoms. The van der Waals surface area contributed by atoms with Crippen LogP contribution in [0.15, 0.2) is 18.2 Å². The van der Waals surface area contributed by atoms with Crippen molar-refractivity contribution in [1.82, 2.24) is 0 Å². The zero-order valence-electron chi connectivity index (χ0n) is 12.2. The zero-order chi connectivity index (χ0) is 13.7. The highest BCUT2D eigenvalue weighted by atomic mass is 16.5. The number of hydrogen-bond acceptors (Lipinski definition) is 3. The summed E-state index contributed by atoms with van der Waals surface area (Å²) >= 11 is 0. The molecule has 0 fully saturated rings. The van der Waals surface area contributed by atoms with E-state index in [4.69, 9.17) is 10.5 Å². The normalized spacial score (nSPS) is 14.3. The molecule has 0 spiro atoms. The van der Waals surface area contributed by atoms with Crippen LogP contribution in [0.4, 0.5) is 5.69 Å². The molecule has 2 unspecified atom stereocenters. The first-order valence-electron chi connectivity index (χ1n) is 6.49. The minimum absolute atomic E-state index is 0.297. The van der Waals surface area contributed by atoms with Crippen molar-refractivity contribution in [2.24, 2.45) is 11.7 Å². The van der Waals surface area contributed by atoms with Crippen molar-refractivity contribution in [3.63, 3.8) is 0 Å². The smallest absolute Gasteiger partial charge is 0.0507 e. The highest BCUT2D eigenvalue weighted by Gasteiger charge is 2.21. The van der Waals surface area contributed by atoms with E-state index in [0.717, 1.165) is 6.61 Å². The van der Waals surface area contributed by atoms with Gasteiger partial charge in [-0.1, -0.05) is 13.0 Å². The Balaban J connectivity index is 2.91. The molecule has 1 rings (SSSR count). The van der Waals surface area contributed by atoms with Crippen LogP contribution < -0.4 is 10.6 Å². The average molecular weight is 250 g/mol. The first-order chi connectivity index (χ1) is 8.49. The van der Waals surface area contributed by atoms with E-state index in [1.807, 2.05) is 0 Å². The van der Waals surface area contributed by atoms with Crippen LogP contribution in [0.2, 0.25) is 0 Å². The lowest BCUT2D eigenvalue weighted by molar-refractivity contribution is 0.147. The molecule has 18 heavy (non-hydrogen) atoms. The van der Waals surface area contributed by atoms with Crippen molar-refractivity contribution in [3.05, 3.63) is 29.3 Å². The van der Waals surface area contributed by atoms with Gasteiger partial charge in [0.25, 0.3) is 0 Å². The van der Waals surface area contributed by atoms with Gasteiger partial charge >= 0.3 is 0 Å². The molecule has 0 heterocycles. The molecule has 1 aromatic carbocycles. The SMILES string of the molecule is COCC(C)C(CN)N(C)c1cc(C)cc(C)c1. The molecule has 1 aromatic rings. The maximum absolute atomic E-state index is 5.92. The summed E-state index contributed by atoms with van der Waals surface area (Å²) in [6.45, 7) is 7.80. The van der Waals surface area contributed by atoms with Gasteiger partial charge in [-0.3, -0.25) is 0 Å². The van der Waals surface area contributed by atoms with Crippen LogP contribution in [0, 0.1) is 19.8 Å². The number of aryl methyl sites for hydroxylation is 2. The lowest BCUT2D eigenvalue weighted by atomic mass is 10.0. The first-order valence-corrected chi connectivity index (χ1v) is 6.49. The van der Waals surface area contributed by atoms with Crippen LogP contribution in [0.25, 0.3) is 0 Å². The van der Waals surface area contributed by atoms with Crippen LogP contribution in [-0.2, 0) is 4.74 Å². The molecule has 0 amide bonds. The minimum atomic E-state index is 0.297. The Kier molecular flexibility index (Phi) is 5.63. The predicted octanol–water partition coefficient (Wildman–Crippen LogP) is 2.35. The number of benzene rings is 1. The number of rotatable bonds is 6. The number of nitrogens with two attached hydrogens (primary N) is 1. The van der Waals surface area contributed by atoms with Gasteiger partial charge in [0.1, 0.15) is 0 Å². The molecule has 102 valence electrons. The van der Waals surface area contributed by atoms with Gasteiger partial charge in [0, 0.05) is 38.3 Å². The summed E-state index contributed by atoms with van der Waals surface area (Å²) in [5.41, 5.74) is 9.72. The molecule has 0 saturated carbocycles. The van der Waals surface area contributed by atoms with E-state index in [0.29, 0.717) is 18.5 Å². The molecular weight excluding hydrogens is 224 g/mol. The van der Waals surface area contributed by atoms with E-state index in [1.54, 1.807) is 7.11 Å². The third-order valence-corrected chi connectivity index (χ3v) is 3.44. The van der Waals surface area contributed by atoms with Gasteiger partial charge < -0.3 is 15.4 Å². The van der Waals surface area contributed by atoms with Crippen LogP contribution in [0.3, 0.4) is 0 Å². The van der Waals surface area contributed by atoms with E-state index >= 15 is 0 Å². The average Bonchev–Trinajstić information content (AvgIpc) is 2.28. The Morgan fingerprint density at radius 3 is 2.22 bits per heavy atom. The largest absolute Gasteiger partial charge is 0.384 e. The van der Waals surface area contributed by atoms with E-state index < -0.39 is 0 Å². The van der Waals surface area contributed by atoms with Gasteiger partial charge in [0.15, 0.2) is 0 Å². The second-order valence-corrected chi connectivity index (χ2v) is 5.19. The van der Waals surface area contributed by atoms with E-state index in [-0.39, 0.29) is 0 Å². The molecule has 3 heteroatoms. The second-order valence-electron chi connectivity index (χ2n) is 5.19. The van der Waals surface area contributed by atoms with Gasteiger partial charge in [-0.15, -0.1) is 0 Å². The Bertz CT molecular complexity index is 359. The quantitative estimate of drug-likeness (QED) is 0.842. The van der Waals surface area contributed by atoms with Gasteiger partial charge in [0.2, 0.25) is 0 Å². The van der Waals surface area contributed by atoms with Crippen molar-refractivity contribution in [1.29, 1.82) is 0 Å². The monoisotopic (exact) mass is 250 g/mol. The number of ether oxygens (including phenoxy) is 1. The molecule has 0 saturated heterocycles. The lowest BCUT2D eigenvalue weighted by Gasteiger charge is -2.33. The molecular formula is C15H26N2O. The molecule has 2 atom stereocenters. The first kappa shape index (κ1) is 15.0. The number of hydrogen-bond donors (Lipinski definition) is 1. The Morgan fingerprint density at radius 2 is 1.78 bits per heavy atom. The van der Waals surface area contributed by atoms with Crippen molar-refractivity contribution in [2.45, 2.75) is 26.8 Å². The molecule has 2 N–H and O–H groups in total. The number of anilines is 1. The van der Waals surface area contributed by atoms with Crippen LogP contribution in [-0.4, -0.2) is 33.4 Å². The fraction of sp³-hybridized carbons (Fsp3) is 0.600. The third kappa shape index (κ3) is 3.72. The number of nitrogens with zero attached hydrogens (tertiary/aromatic N) is 1. The maximum atomic E-state index is 5.92. The Hall–Kier alpha value is -1.06. The number of methoxy groups -OCH3 is 1. The summed E-state index contributed by atoms with van der Waals surface area (Å²) in [6, 6.07) is 6.89. The van der Waals surface area contributed by atoms with E-state index in [9.17, 15) is 0 Å². The molecule has 0 aliphatic heterocycles. The topological polar surface area (TPSA) is 38.5 Å². The molecule has 0 aromatic heterocycles. The summed E-state index contributed by atoms with van der Waals surface area (Å²) in [5, 5.41) is 0. The standard InChI is InChI=1S/C15H26N2O/c1-11-6-12(2)8-14(7-11)17(4)15(9-16)13(3)10-18-5/h6-8,13,15H,9-10,16H2,1-5H3. The Morgan fingerprint density at radius 1 is 1.22 bits per heavy atom. The van der Waals surface area contributed by atoms with Crippen LogP contribution in [0.1, 0.15) is 18.1 Å². The van der Waals surface area contributed by atoms with Crippen LogP contribution >= 0.6 is 0 Å². The highest BCUT2D eigenvalue weighted by Crippen LogP contribution is 2.22. The fourth-order valence-corrected chi connectivity index (χ4v) is 2.49. The van der Waals surface area contributed by atoms with Crippen molar-refractivity contribution in [2.75, 3.05) is 32.2 Å². The van der Waals surface area contributed by atoms with Gasteiger partial charge in [-0.25, -0.2) is 0 Å².